The largest absolute Gasteiger partial charge is 0.494 e. The van der Waals surface area contributed by atoms with Gasteiger partial charge < -0.3 is 9.47 Å². The Labute approximate surface area is 158 Å². The number of hydrazine groups is 1. The van der Waals surface area contributed by atoms with E-state index in [1.54, 1.807) is 0 Å². The van der Waals surface area contributed by atoms with Crippen molar-refractivity contribution in [2.75, 3.05) is 13.2 Å². The maximum atomic E-state index is 12.7. The first-order valence-electron chi connectivity index (χ1n) is 7.87. The number of nitrogens with one attached hydrogen (secondary N) is 2. The van der Waals surface area contributed by atoms with E-state index in [0.717, 1.165) is 4.47 Å². The molecule has 0 radical (unpaired) electrons. The van der Waals surface area contributed by atoms with Crippen molar-refractivity contribution in [2.24, 2.45) is 0 Å². The van der Waals surface area contributed by atoms with Crippen LogP contribution in [0.3, 0.4) is 0 Å². The highest BCUT2D eigenvalue weighted by Gasteiger charge is 2.06. The quantitative estimate of drug-likeness (QED) is 0.504. The van der Waals surface area contributed by atoms with Gasteiger partial charge in [0.05, 0.1) is 6.61 Å². The second-order valence-corrected chi connectivity index (χ2v) is 6.16. The molecule has 0 saturated carbocycles. The van der Waals surface area contributed by atoms with Crippen LogP contribution in [0.25, 0.3) is 0 Å². The summed E-state index contributed by atoms with van der Waals surface area (Å²) >= 11 is 3.35. The summed E-state index contributed by atoms with van der Waals surface area (Å²) in [7, 11) is 0. The first-order valence-corrected chi connectivity index (χ1v) is 8.66. The van der Waals surface area contributed by atoms with Gasteiger partial charge in [-0.1, -0.05) is 22.0 Å². The molecule has 138 valence electrons. The zero-order valence-corrected chi connectivity index (χ0v) is 15.4. The number of rotatable bonds is 8. The predicted molar refractivity (Wildman–Crippen MR) is 97.1 cm³/mol. The molecule has 2 aromatic rings. The average molecular weight is 425 g/mol. The van der Waals surface area contributed by atoms with Crippen LogP contribution >= 0.6 is 15.9 Å². The van der Waals surface area contributed by atoms with E-state index < -0.39 is 11.7 Å². The lowest BCUT2D eigenvalue weighted by Crippen LogP contribution is -2.43. The number of benzene rings is 2. The third-order valence-corrected chi connectivity index (χ3v) is 3.63. The lowest BCUT2D eigenvalue weighted by atomic mass is 10.3. The van der Waals surface area contributed by atoms with Crippen LogP contribution in [0.4, 0.5) is 4.39 Å². The lowest BCUT2D eigenvalue weighted by molar-refractivity contribution is -0.130. The summed E-state index contributed by atoms with van der Waals surface area (Å²) in [5.41, 5.74) is 4.54. The maximum Gasteiger partial charge on any atom is 0.276 e. The highest BCUT2D eigenvalue weighted by molar-refractivity contribution is 9.10. The average Bonchev–Trinajstić information content (AvgIpc) is 2.63. The summed E-state index contributed by atoms with van der Waals surface area (Å²) in [6.45, 7) is 0.0867. The molecular weight excluding hydrogens is 407 g/mol. The van der Waals surface area contributed by atoms with Gasteiger partial charge in [0.25, 0.3) is 5.91 Å². The fourth-order valence-corrected chi connectivity index (χ4v) is 2.28. The summed E-state index contributed by atoms with van der Waals surface area (Å²) in [4.78, 5) is 23.2. The van der Waals surface area contributed by atoms with Crippen molar-refractivity contribution in [1.29, 1.82) is 0 Å². The van der Waals surface area contributed by atoms with E-state index in [0.29, 0.717) is 24.5 Å². The summed E-state index contributed by atoms with van der Waals surface area (Å²) < 4.78 is 24.3. The Morgan fingerprint density at radius 3 is 2.42 bits per heavy atom. The van der Waals surface area contributed by atoms with Gasteiger partial charge in [-0.3, -0.25) is 20.4 Å². The Balaban J connectivity index is 1.56. The van der Waals surface area contributed by atoms with Crippen LogP contribution < -0.4 is 20.3 Å². The molecule has 0 saturated heterocycles. The third-order valence-electron chi connectivity index (χ3n) is 3.14. The van der Waals surface area contributed by atoms with Gasteiger partial charge in [0.1, 0.15) is 17.3 Å². The number of ether oxygens (including phenoxy) is 2. The molecule has 2 rings (SSSR count). The minimum Gasteiger partial charge on any atom is -0.494 e. The maximum absolute atomic E-state index is 12.7. The topological polar surface area (TPSA) is 76.7 Å². The van der Waals surface area contributed by atoms with Crippen LogP contribution in [0.2, 0.25) is 0 Å². The van der Waals surface area contributed by atoms with Crippen LogP contribution in [-0.2, 0) is 9.59 Å². The van der Waals surface area contributed by atoms with Gasteiger partial charge in [-0.05, 0) is 48.9 Å². The van der Waals surface area contributed by atoms with E-state index in [1.807, 2.05) is 24.3 Å². The molecule has 0 fully saturated rings. The second-order valence-electron chi connectivity index (χ2n) is 5.25. The molecule has 0 heterocycles. The fourth-order valence-electron chi connectivity index (χ4n) is 1.90. The van der Waals surface area contributed by atoms with Crippen LogP contribution in [0, 0.1) is 5.82 Å². The van der Waals surface area contributed by atoms with Crippen molar-refractivity contribution in [3.8, 4) is 11.5 Å². The number of amides is 2. The normalized spacial score (nSPS) is 10.1. The Bertz CT molecular complexity index is 740. The number of carbonyl (C=O) groups is 2. The monoisotopic (exact) mass is 424 g/mol. The van der Waals surface area contributed by atoms with Crippen molar-refractivity contribution in [3.63, 3.8) is 0 Å². The van der Waals surface area contributed by atoms with Crippen molar-refractivity contribution < 1.29 is 23.5 Å². The molecule has 2 aromatic carbocycles. The highest BCUT2D eigenvalue weighted by atomic mass is 79.9. The third kappa shape index (κ3) is 7.52. The number of hydrogen-bond donors (Lipinski definition) is 2. The molecular formula is C18H18BrFN2O4. The molecule has 2 amide bonds. The Hall–Kier alpha value is -2.61. The van der Waals surface area contributed by atoms with E-state index in [9.17, 15) is 14.0 Å². The Morgan fingerprint density at radius 2 is 1.69 bits per heavy atom. The molecule has 0 bridgehead atoms. The van der Waals surface area contributed by atoms with Crippen molar-refractivity contribution >= 4 is 27.7 Å². The van der Waals surface area contributed by atoms with Crippen molar-refractivity contribution in [3.05, 3.63) is 58.8 Å². The molecule has 26 heavy (non-hydrogen) atoms. The Morgan fingerprint density at radius 1 is 0.962 bits per heavy atom. The van der Waals surface area contributed by atoms with E-state index >= 15 is 0 Å². The summed E-state index contributed by atoms with van der Waals surface area (Å²) in [5, 5.41) is 0. The van der Waals surface area contributed by atoms with Crippen LogP contribution in [0.1, 0.15) is 12.8 Å². The lowest BCUT2D eigenvalue weighted by Gasteiger charge is -2.09. The summed E-state index contributed by atoms with van der Waals surface area (Å²) in [5.74, 6) is -0.174. The van der Waals surface area contributed by atoms with Gasteiger partial charge in [0.2, 0.25) is 5.91 Å². The van der Waals surface area contributed by atoms with E-state index in [4.69, 9.17) is 9.47 Å². The molecule has 0 aromatic heterocycles. The molecule has 0 atom stereocenters. The van der Waals surface area contributed by atoms with Gasteiger partial charge in [-0.2, -0.15) is 0 Å². The van der Waals surface area contributed by atoms with Gasteiger partial charge in [0.15, 0.2) is 6.61 Å². The molecule has 2 N–H and O–H groups in total. The van der Waals surface area contributed by atoms with Crippen molar-refractivity contribution in [2.45, 2.75) is 12.8 Å². The highest BCUT2D eigenvalue weighted by Crippen LogP contribution is 2.17. The standard InChI is InChI=1S/C18H18BrFN2O4/c19-13-3-1-4-16(11-13)25-10-2-5-17(23)21-22-18(24)12-26-15-8-6-14(20)7-9-15/h1,3-4,6-9,11H,2,5,10,12H2,(H,21,23)(H,22,24). The minimum atomic E-state index is -0.520. The molecule has 0 aliphatic carbocycles. The minimum absolute atomic E-state index is 0.201. The Kier molecular flexibility index (Phi) is 7.88. The zero-order chi connectivity index (χ0) is 18.8. The summed E-state index contributed by atoms with van der Waals surface area (Å²) in [6.07, 6.45) is 0.702. The predicted octanol–water partition coefficient (Wildman–Crippen LogP) is 2.97. The van der Waals surface area contributed by atoms with Gasteiger partial charge >= 0.3 is 0 Å². The molecule has 0 aliphatic heterocycles. The molecule has 8 heteroatoms. The van der Waals surface area contributed by atoms with Crippen LogP contribution in [0.15, 0.2) is 53.0 Å². The van der Waals surface area contributed by atoms with Gasteiger partial charge in [-0.25, -0.2) is 4.39 Å². The van der Waals surface area contributed by atoms with Crippen molar-refractivity contribution in [1.82, 2.24) is 10.9 Å². The van der Waals surface area contributed by atoms with Crippen LogP contribution in [-0.4, -0.2) is 25.0 Å². The number of carbonyl (C=O) groups excluding carboxylic acids is 2. The smallest absolute Gasteiger partial charge is 0.276 e. The van der Waals surface area contributed by atoms with Crippen LogP contribution in [0.5, 0.6) is 11.5 Å². The molecule has 0 spiro atoms. The summed E-state index contributed by atoms with van der Waals surface area (Å²) in [6, 6.07) is 12.7. The fraction of sp³-hybridized carbons (Fsp3) is 0.222. The zero-order valence-electron chi connectivity index (χ0n) is 13.8. The van der Waals surface area contributed by atoms with E-state index in [-0.39, 0.29) is 18.9 Å². The molecule has 6 nitrogen and oxygen atoms in total. The van der Waals surface area contributed by atoms with E-state index in [1.165, 1.54) is 24.3 Å². The van der Waals surface area contributed by atoms with Gasteiger partial charge in [-0.15, -0.1) is 0 Å². The van der Waals surface area contributed by atoms with Gasteiger partial charge in [0, 0.05) is 10.9 Å². The SMILES string of the molecule is O=C(CCCOc1cccc(Br)c1)NNC(=O)COc1ccc(F)cc1. The second kappa shape index (κ2) is 10.4. The first-order chi connectivity index (χ1) is 12.5. The first kappa shape index (κ1) is 19.7. The molecule has 0 aliphatic rings. The molecule has 0 unspecified atom stereocenters. The number of hydrogen-bond acceptors (Lipinski definition) is 4. The number of halogens is 2. The van der Waals surface area contributed by atoms with E-state index in [2.05, 4.69) is 26.8 Å².